The van der Waals surface area contributed by atoms with Crippen LogP contribution in [0.5, 0.6) is 0 Å². The molecule has 1 atom stereocenters. The Morgan fingerprint density at radius 2 is 2.00 bits per heavy atom. The summed E-state index contributed by atoms with van der Waals surface area (Å²) in [4.78, 5) is 19.8. The van der Waals surface area contributed by atoms with E-state index in [9.17, 15) is 23.1 Å². The zero-order valence-electron chi connectivity index (χ0n) is 12.1. The first-order chi connectivity index (χ1) is 10.8. The van der Waals surface area contributed by atoms with Crippen LogP contribution in [-0.4, -0.2) is 27.6 Å². The van der Waals surface area contributed by atoms with Crippen LogP contribution in [0.2, 0.25) is 0 Å². The molecule has 0 aliphatic rings. The maximum Gasteiger partial charge on any atom is 0.416 e. The minimum absolute atomic E-state index is 0.0143. The molecule has 5 nitrogen and oxygen atoms in total. The van der Waals surface area contributed by atoms with Gasteiger partial charge in [0.25, 0.3) is 5.91 Å². The topological polar surface area (TPSA) is 75.1 Å². The summed E-state index contributed by atoms with van der Waals surface area (Å²) in [7, 11) is 0. The SMILES string of the molecule is Cc1nccc(C(=O)NC(CO)c2ccccc2C(F)(F)F)n1. The van der Waals surface area contributed by atoms with Crippen LogP contribution in [-0.2, 0) is 6.18 Å². The van der Waals surface area contributed by atoms with Gasteiger partial charge < -0.3 is 10.4 Å². The number of nitrogens with zero attached hydrogens (tertiary/aromatic N) is 2. The minimum Gasteiger partial charge on any atom is -0.394 e. The number of alkyl halides is 3. The molecular weight excluding hydrogens is 311 g/mol. The van der Waals surface area contributed by atoms with E-state index >= 15 is 0 Å². The number of hydrogen-bond acceptors (Lipinski definition) is 4. The number of aliphatic hydroxyl groups is 1. The molecule has 1 heterocycles. The van der Waals surface area contributed by atoms with Gasteiger partial charge in [0, 0.05) is 6.20 Å². The van der Waals surface area contributed by atoms with E-state index in [0.717, 1.165) is 6.07 Å². The van der Waals surface area contributed by atoms with Crippen molar-refractivity contribution in [1.82, 2.24) is 15.3 Å². The third-order valence-electron chi connectivity index (χ3n) is 3.14. The molecule has 0 spiro atoms. The van der Waals surface area contributed by atoms with Crippen molar-refractivity contribution in [1.29, 1.82) is 0 Å². The number of aryl methyl sites for hydroxylation is 1. The van der Waals surface area contributed by atoms with E-state index in [1.165, 1.54) is 30.5 Å². The fourth-order valence-electron chi connectivity index (χ4n) is 2.10. The number of aromatic nitrogens is 2. The standard InChI is InChI=1S/C15H14F3N3O2/c1-9-19-7-6-12(20-9)14(23)21-13(8-22)10-4-2-3-5-11(10)15(16,17)18/h2-7,13,22H,8H2,1H3,(H,21,23). The zero-order chi connectivity index (χ0) is 17.0. The Balaban J connectivity index is 2.29. The highest BCUT2D eigenvalue weighted by Gasteiger charge is 2.35. The Labute approximate surface area is 130 Å². The van der Waals surface area contributed by atoms with Gasteiger partial charge in [-0.25, -0.2) is 9.97 Å². The number of halogens is 3. The van der Waals surface area contributed by atoms with Crippen LogP contribution in [0, 0.1) is 6.92 Å². The van der Waals surface area contributed by atoms with E-state index in [0.29, 0.717) is 5.82 Å². The quantitative estimate of drug-likeness (QED) is 0.904. The first kappa shape index (κ1) is 16.9. The van der Waals surface area contributed by atoms with Crippen molar-refractivity contribution in [2.24, 2.45) is 0 Å². The number of benzene rings is 1. The van der Waals surface area contributed by atoms with Gasteiger partial charge in [-0.2, -0.15) is 13.2 Å². The lowest BCUT2D eigenvalue weighted by Crippen LogP contribution is -2.33. The zero-order valence-corrected chi connectivity index (χ0v) is 12.1. The molecule has 0 saturated heterocycles. The molecule has 0 radical (unpaired) electrons. The van der Waals surface area contributed by atoms with Gasteiger partial charge in [0.15, 0.2) is 0 Å². The molecule has 0 fully saturated rings. The van der Waals surface area contributed by atoms with Crippen molar-refractivity contribution in [2.75, 3.05) is 6.61 Å². The van der Waals surface area contributed by atoms with Crippen LogP contribution in [0.1, 0.15) is 33.5 Å². The molecule has 23 heavy (non-hydrogen) atoms. The van der Waals surface area contributed by atoms with Crippen LogP contribution < -0.4 is 5.32 Å². The Morgan fingerprint density at radius 1 is 1.30 bits per heavy atom. The summed E-state index contributed by atoms with van der Waals surface area (Å²) in [6.45, 7) is 0.905. The molecular formula is C15H14F3N3O2. The third-order valence-corrected chi connectivity index (χ3v) is 3.14. The van der Waals surface area contributed by atoms with Crippen LogP contribution in [0.3, 0.4) is 0 Å². The molecule has 0 aliphatic heterocycles. The normalized spacial score (nSPS) is 12.7. The molecule has 2 aromatic rings. The van der Waals surface area contributed by atoms with Gasteiger partial charge >= 0.3 is 6.18 Å². The second-order valence-corrected chi connectivity index (χ2v) is 4.78. The Kier molecular flexibility index (Phi) is 4.95. The first-order valence-corrected chi connectivity index (χ1v) is 6.70. The summed E-state index contributed by atoms with van der Waals surface area (Å²) in [6.07, 6.45) is -3.21. The third kappa shape index (κ3) is 4.04. The second kappa shape index (κ2) is 6.74. The summed E-state index contributed by atoms with van der Waals surface area (Å²) in [5.74, 6) is -0.333. The fourth-order valence-corrected chi connectivity index (χ4v) is 2.10. The molecule has 122 valence electrons. The number of hydrogen-bond donors (Lipinski definition) is 2. The van der Waals surface area contributed by atoms with Crippen molar-refractivity contribution in [3.63, 3.8) is 0 Å². The molecule has 2 N–H and O–H groups in total. The monoisotopic (exact) mass is 325 g/mol. The van der Waals surface area contributed by atoms with Crippen LogP contribution in [0.25, 0.3) is 0 Å². The van der Waals surface area contributed by atoms with Gasteiger partial charge in [-0.3, -0.25) is 4.79 Å². The number of amides is 1. The number of nitrogens with one attached hydrogen (secondary N) is 1. The first-order valence-electron chi connectivity index (χ1n) is 6.70. The van der Waals surface area contributed by atoms with Crippen LogP contribution >= 0.6 is 0 Å². The number of carbonyl (C=O) groups is 1. The van der Waals surface area contributed by atoms with E-state index in [-0.39, 0.29) is 11.3 Å². The molecule has 8 heteroatoms. The summed E-state index contributed by atoms with van der Waals surface area (Å²) >= 11 is 0. The van der Waals surface area contributed by atoms with E-state index < -0.39 is 30.3 Å². The van der Waals surface area contributed by atoms with Gasteiger partial charge in [-0.1, -0.05) is 18.2 Å². The van der Waals surface area contributed by atoms with Gasteiger partial charge in [0.2, 0.25) is 0 Å². The predicted molar refractivity (Wildman–Crippen MR) is 75.5 cm³/mol. The summed E-state index contributed by atoms with van der Waals surface area (Å²) < 4.78 is 39.1. The molecule has 1 aromatic carbocycles. The largest absolute Gasteiger partial charge is 0.416 e. The molecule has 0 aliphatic carbocycles. The van der Waals surface area contributed by atoms with Crippen molar-refractivity contribution >= 4 is 5.91 Å². The smallest absolute Gasteiger partial charge is 0.394 e. The van der Waals surface area contributed by atoms with Crippen molar-refractivity contribution in [2.45, 2.75) is 19.1 Å². The highest BCUT2D eigenvalue weighted by atomic mass is 19.4. The maximum absolute atomic E-state index is 13.0. The van der Waals surface area contributed by atoms with Crippen LogP contribution in [0.4, 0.5) is 13.2 Å². The van der Waals surface area contributed by atoms with E-state index in [1.807, 2.05) is 0 Å². The Hall–Kier alpha value is -2.48. The van der Waals surface area contributed by atoms with Gasteiger partial charge in [-0.15, -0.1) is 0 Å². The van der Waals surface area contributed by atoms with Crippen molar-refractivity contribution in [3.05, 3.63) is 59.2 Å². The molecule has 0 bridgehead atoms. The highest BCUT2D eigenvalue weighted by Crippen LogP contribution is 2.34. The molecule has 0 saturated carbocycles. The second-order valence-electron chi connectivity index (χ2n) is 4.78. The average Bonchev–Trinajstić information content (AvgIpc) is 2.51. The van der Waals surface area contributed by atoms with Crippen molar-refractivity contribution in [3.8, 4) is 0 Å². The van der Waals surface area contributed by atoms with E-state index in [4.69, 9.17) is 0 Å². The molecule has 2 rings (SSSR count). The fraction of sp³-hybridized carbons (Fsp3) is 0.267. The van der Waals surface area contributed by atoms with Gasteiger partial charge in [0.05, 0.1) is 18.2 Å². The van der Waals surface area contributed by atoms with Gasteiger partial charge in [-0.05, 0) is 24.6 Å². The lowest BCUT2D eigenvalue weighted by Gasteiger charge is -2.21. The van der Waals surface area contributed by atoms with E-state index in [1.54, 1.807) is 6.92 Å². The van der Waals surface area contributed by atoms with Gasteiger partial charge in [0.1, 0.15) is 11.5 Å². The molecule has 1 aromatic heterocycles. The summed E-state index contributed by atoms with van der Waals surface area (Å²) in [6, 6.07) is 4.92. The highest BCUT2D eigenvalue weighted by molar-refractivity contribution is 5.92. The lowest BCUT2D eigenvalue weighted by atomic mass is 10.00. The number of carbonyl (C=O) groups excluding carboxylic acids is 1. The van der Waals surface area contributed by atoms with Crippen molar-refractivity contribution < 1.29 is 23.1 Å². The number of aliphatic hydroxyl groups excluding tert-OH is 1. The lowest BCUT2D eigenvalue weighted by molar-refractivity contribution is -0.138. The molecule has 1 amide bonds. The van der Waals surface area contributed by atoms with E-state index in [2.05, 4.69) is 15.3 Å². The molecule has 1 unspecified atom stereocenters. The predicted octanol–water partition coefficient (Wildman–Crippen LogP) is 2.27. The summed E-state index contributed by atoms with van der Waals surface area (Å²) in [5, 5.41) is 11.8. The average molecular weight is 325 g/mol. The number of rotatable bonds is 4. The maximum atomic E-state index is 13.0. The van der Waals surface area contributed by atoms with Crippen LogP contribution in [0.15, 0.2) is 36.5 Å². The Morgan fingerprint density at radius 3 is 2.61 bits per heavy atom. The Bertz CT molecular complexity index is 704. The summed E-state index contributed by atoms with van der Waals surface area (Å²) in [5.41, 5.74) is -1.10. The minimum atomic E-state index is -4.58.